The third-order valence-corrected chi connectivity index (χ3v) is 4.84. The van der Waals surface area contributed by atoms with Crippen molar-refractivity contribution in [1.82, 2.24) is 20.1 Å². The number of rotatable bonds is 8. The molecule has 2 aromatic rings. The standard InChI is InChI=1S/C16H24N4S/c1-4-9-20-16(18-12-19-20)10-14(17-3)11-21-15-8-6-5-7-13(15)2/h5-8,12,14,17H,4,9-11H2,1-3H3. The minimum Gasteiger partial charge on any atom is -0.316 e. The Labute approximate surface area is 131 Å². The summed E-state index contributed by atoms with van der Waals surface area (Å²) in [5.41, 5.74) is 1.34. The lowest BCUT2D eigenvalue weighted by molar-refractivity contribution is 0.528. The zero-order valence-corrected chi connectivity index (χ0v) is 13.9. The van der Waals surface area contributed by atoms with Gasteiger partial charge in [-0.3, -0.25) is 4.68 Å². The zero-order chi connectivity index (χ0) is 15.1. The number of hydrogen-bond acceptors (Lipinski definition) is 4. The molecule has 0 aliphatic carbocycles. The largest absolute Gasteiger partial charge is 0.316 e. The van der Waals surface area contributed by atoms with Crippen LogP contribution in [0.4, 0.5) is 0 Å². The topological polar surface area (TPSA) is 42.7 Å². The second-order valence-electron chi connectivity index (χ2n) is 5.17. The van der Waals surface area contributed by atoms with E-state index in [0.717, 1.165) is 31.0 Å². The third kappa shape index (κ3) is 4.58. The summed E-state index contributed by atoms with van der Waals surface area (Å²) in [6.45, 7) is 5.26. The second kappa shape index (κ2) is 8.20. The maximum Gasteiger partial charge on any atom is 0.138 e. The van der Waals surface area contributed by atoms with Crippen LogP contribution in [0.15, 0.2) is 35.5 Å². The first-order valence-corrected chi connectivity index (χ1v) is 8.45. The summed E-state index contributed by atoms with van der Waals surface area (Å²) in [4.78, 5) is 5.75. The summed E-state index contributed by atoms with van der Waals surface area (Å²) >= 11 is 1.90. The van der Waals surface area contributed by atoms with Crippen LogP contribution in [-0.4, -0.2) is 33.6 Å². The van der Waals surface area contributed by atoms with Crippen molar-refractivity contribution in [2.45, 2.75) is 44.2 Å². The summed E-state index contributed by atoms with van der Waals surface area (Å²) < 4.78 is 2.02. The van der Waals surface area contributed by atoms with Crippen molar-refractivity contribution in [3.8, 4) is 0 Å². The molecule has 21 heavy (non-hydrogen) atoms. The monoisotopic (exact) mass is 304 g/mol. The van der Waals surface area contributed by atoms with E-state index in [9.17, 15) is 0 Å². The molecule has 0 saturated heterocycles. The van der Waals surface area contributed by atoms with Gasteiger partial charge in [0.2, 0.25) is 0 Å². The van der Waals surface area contributed by atoms with Crippen molar-refractivity contribution in [3.05, 3.63) is 42.0 Å². The summed E-state index contributed by atoms with van der Waals surface area (Å²) in [7, 11) is 2.02. The molecular formula is C16H24N4S. The Kier molecular flexibility index (Phi) is 6.26. The summed E-state index contributed by atoms with van der Waals surface area (Å²) in [6, 6.07) is 8.93. The van der Waals surface area contributed by atoms with Crippen LogP contribution in [0.2, 0.25) is 0 Å². The van der Waals surface area contributed by atoms with Gasteiger partial charge in [-0.15, -0.1) is 11.8 Å². The van der Waals surface area contributed by atoms with Crippen molar-refractivity contribution in [1.29, 1.82) is 0 Å². The van der Waals surface area contributed by atoms with E-state index in [1.807, 2.05) is 23.5 Å². The molecule has 1 aromatic carbocycles. The van der Waals surface area contributed by atoms with E-state index in [0.29, 0.717) is 6.04 Å². The number of nitrogens with one attached hydrogen (secondary N) is 1. The molecule has 0 fully saturated rings. The van der Waals surface area contributed by atoms with Gasteiger partial charge in [0, 0.05) is 29.7 Å². The van der Waals surface area contributed by atoms with Crippen LogP contribution < -0.4 is 5.32 Å². The number of benzene rings is 1. The fourth-order valence-electron chi connectivity index (χ4n) is 2.22. The molecule has 1 atom stereocenters. The van der Waals surface area contributed by atoms with Crippen LogP contribution in [0.3, 0.4) is 0 Å². The molecule has 0 saturated carbocycles. The SMILES string of the molecule is CCCn1ncnc1CC(CSc1ccccc1C)NC. The van der Waals surface area contributed by atoms with Crippen LogP contribution in [0.1, 0.15) is 24.7 Å². The lowest BCUT2D eigenvalue weighted by Crippen LogP contribution is -2.31. The van der Waals surface area contributed by atoms with Gasteiger partial charge in [-0.05, 0) is 32.0 Å². The summed E-state index contributed by atoms with van der Waals surface area (Å²) in [5, 5.41) is 7.69. The van der Waals surface area contributed by atoms with Gasteiger partial charge < -0.3 is 5.32 Å². The average molecular weight is 304 g/mol. The molecule has 114 valence electrons. The Balaban J connectivity index is 1.94. The highest BCUT2D eigenvalue weighted by molar-refractivity contribution is 7.99. The summed E-state index contributed by atoms with van der Waals surface area (Å²) in [6.07, 6.45) is 3.65. The zero-order valence-electron chi connectivity index (χ0n) is 13.0. The van der Waals surface area contributed by atoms with Crippen LogP contribution in [-0.2, 0) is 13.0 Å². The average Bonchev–Trinajstić information content (AvgIpc) is 2.92. The molecule has 0 aliphatic rings. The third-order valence-electron chi connectivity index (χ3n) is 3.50. The normalized spacial score (nSPS) is 12.5. The Bertz CT molecular complexity index is 553. The predicted molar refractivity (Wildman–Crippen MR) is 88.8 cm³/mol. The number of aromatic nitrogens is 3. The van der Waals surface area contributed by atoms with Gasteiger partial charge >= 0.3 is 0 Å². The minimum absolute atomic E-state index is 0.398. The maximum atomic E-state index is 4.40. The Morgan fingerprint density at radius 3 is 2.86 bits per heavy atom. The smallest absolute Gasteiger partial charge is 0.138 e. The van der Waals surface area contributed by atoms with Crippen molar-refractivity contribution < 1.29 is 0 Å². The number of likely N-dealkylation sites (N-methyl/N-ethyl adjacent to an activating group) is 1. The maximum absolute atomic E-state index is 4.40. The van der Waals surface area contributed by atoms with Gasteiger partial charge in [0.05, 0.1) is 0 Å². The van der Waals surface area contributed by atoms with Gasteiger partial charge in [0.1, 0.15) is 12.2 Å². The highest BCUT2D eigenvalue weighted by Crippen LogP contribution is 2.23. The van der Waals surface area contributed by atoms with E-state index in [2.05, 4.69) is 53.5 Å². The highest BCUT2D eigenvalue weighted by atomic mass is 32.2. The van der Waals surface area contributed by atoms with E-state index in [1.165, 1.54) is 10.5 Å². The summed E-state index contributed by atoms with van der Waals surface area (Å²) in [5.74, 6) is 2.10. The van der Waals surface area contributed by atoms with Gasteiger partial charge in [-0.25, -0.2) is 4.98 Å². The molecule has 1 heterocycles. The number of aryl methyl sites for hydroxylation is 2. The van der Waals surface area contributed by atoms with Gasteiger partial charge in [0.15, 0.2) is 0 Å². The molecule has 4 nitrogen and oxygen atoms in total. The molecule has 0 bridgehead atoms. The molecular weight excluding hydrogens is 280 g/mol. The molecule has 2 rings (SSSR count). The van der Waals surface area contributed by atoms with Crippen molar-refractivity contribution in [2.75, 3.05) is 12.8 Å². The molecule has 1 unspecified atom stereocenters. The number of thioether (sulfide) groups is 1. The molecule has 0 spiro atoms. The first kappa shape index (κ1) is 16.0. The van der Waals surface area contributed by atoms with Crippen molar-refractivity contribution >= 4 is 11.8 Å². The molecule has 0 aliphatic heterocycles. The van der Waals surface area contributed by atoms with E-state index in [1.54, 1.807) is 6.33 Å². The highest BCUT2D eigenvalue weighted by Gasteiger charge is 2.13. The fraction of sp³-hybridized carbons (Fsp3) is 0.500. The van der Waals surface area contributed by atoms with E-state index < -0.39 is 0 Å². The van der Waals surface area contributed by atoms with E-state index in [4.69, 9.17) is 0 Å². The van der Waals surface area contributed by atoms with E-state index in [-0.39, 0.29) is 0 Å². The molecule has 5 heteroatoms. The molecule has 1 N–H and O–H groups in total. The molecule has 1 aromatic heterocycles. The first-order valence-electron chi connectivity index (χ1n) is 7.47. The molecule has 0 radical (unpaired) electrons. The van der Waals surface area contributed by atoms with Crippen LogP contribution >= 0.6 is 11.8 Å². The number of nitrogens with zero attached hydrogens (tertiary/aromatic N) is 3. The Morgan fingerprint density at radius 1 is 1.33 bits per heavy atom. The minimum atomic E-state index is 0.398. The second-order valence-corrected chi connectivity index (χ2v) is 6.23. The predicted octanol–water partition coefficient (Wildman–Crippen LogP) is 2.92. The molecule has 0 amide bonds. The van der Waals surface area contributed by atoms with Crippen LogP contribution in [0.25, 0.3) is 0 Å². The fourth-order valence-corrected chi connectivity index (χ4v) is 3.35. The first-order chi connectivity index (χ1) is 10.2. The quantitative estimate of drug-likeness (QED) is 0.762. The van der Waals surface area contributed by atoms with Crippen LogP contribution in [0, 0.1) is 6.92 Å². The van der Waals surface area contributed by atoms with Gasteiger partial charge in [-0.2, -0.15) is 5.10 Å². The van der Waals surface area contributed by atoms with Crippen LogP contribution in [0.5, 0.6) is 0 Å². The Hall–Kier alpha value is -1.33. The van der Waals surface area contributed by atoms with E-state index >= 15 is 0 Å². The lowest BCUT2D eigenvalue weighted by atomic mass is 10.2. The van der Waals surface area contributed by atoms with Crippen molar-refractivity contribution in [2.24, 2.45) is 0 Å². The lowest BCUT2D eigenvalue weighted by Gasteiger charge is -2.16. The van der Waals surface area contributed by atoms with Gasteiger partial charge in [0.25, 0.3) is 0 Å². The Morgan fingerprint density at radius 2 is 2.14 bits per heavy atom. The number of hydrogen-bond donors (Lipinski definition) is 1. The van der Waals surface area contributed by atoms with Crippen molar-refractivity contribution in [3.63, 3.8) is 0 Å². The van der Waals surface area contributed by atoms with Gasteiger partial charge in [-0.1, -0.05) is 25.1 Å².